The Morgan fingerprint density at radius 1 is 1.05 bits per heavy atom. The Hall–Kier alpha value is -1.06. The molecule has 1 rings (SSSR count). The molecule has 1 amide bonds. The molecule has 0 spiro atoms. The third kappa shape index (κ3) is 6.92. The highest BCUT2D eigenvalue weighted by atomic mass is 16.6. The minimum atomic E-state index is -0.484. The average Bonchev–Trinajstić information content (AvgIpc) is 2.22. The lowest BCUT2D eigenvalue weighted by Gasteiger charge is -2.32. The lowest BCUT2D eigenvalue weighted by atomic mass is 9.80. The SMILES string of the molecule is CC1CC(C)CC(NC(=O)CCC(=O)OC(C)(C)C)C1. The summed E-state index contributed by atoms with van der Waals surface area (Å²) in [5, 5.41) is 3.05. The first-order valence-electron chi connectivity index (χ1n) is 7.67. The summed E-state index contributed by atoms with van der Waals surface area (Å²) in [6.07, 6.45) is 3.70. The monoisotopic (exact) mass is 283 g/mol. The molecular formula is C16H29NO3. The normalized spacial score (nSPS) is 26.9. The van der Waals surface area contributed by atoms with E-state index in [1.165, 1.54) is 6.42 Å². The van der Waals surface area contributed by atoms with Crippen LogP contribution in [0.2, 0.25) is 0 Å². The number of esters is 1. The Kier molecular flexibility index (Phi) is 6.03. The van der Waals surface area contributed by atoms with Gasteiger partial charge in [-0.1, -0.05) is 13.8 Å². The Bertz CT molecular complexity index is 336. The molecule has 1 aliphatic carbocycles. The largest absolute Gasteiger partial charge is 0.460 e. The van der Waals surface area contributed by atoms with Gasteiger partial charge in [-0.3, -0.25) is 9.59 Å². The van der Waals surface area contributed by atoms with Gasteiger partial charge in [-0.25, -0.2) is 0 Å². The molecule has 2 unspecified atom stereocenters. The van der Waals surface area contributed by atoms with Crippen LogP contribution in [0.25, 0.3) is 0 Å². The van der Waals surface area contributed by atoms with Gasteiger partial charge < -0.3 is 10.1 Å². The van der Waals surface area contributed by atoms with E-state index in [0.29, 0.717) is 11.8 Å². The topological polar surface area (TPSA) is 55.4 Å². The number of nitrogens with one attached hydrogen (secondary N) is 1. The van der Waals surface area contributed by atoms with Gasteiger partial charge in [-0.05, 0) is 51.9 Å². The van der Waals surface area contributed by atoms with Crippen molar-refractivity contribution in [1.82, 2.24) is 5.32 Å². The molecule has 0 bridgehead atoms. The highest BCUT2D eigenvalue weighted by Crippen LogP contribution is 2.28. The van der Waals surface area contributed by atoms with Crippen LogP contribution in [0, 0.1) is 11.8 Å². The van der Waals surface area contributed by atoms with Crippen LogP contribution in [-0.2, 0) is 14.3 Å². The summed E-state index contributed by atoms with van der Waals surface area (Å²) in [7, 11) is 0. The molecule has 1 aliphatic rings. The lowest BCUT2D eigenvalue weighted by Crippen LogP contribution is -2.40. The van der Waals surface area contributed by atoms with Gasteiger partial charge in [0.05, 0.1) is 6.42 Å². The van der Waals surface area contributed by atoms with Crippen molar-refractivity contribution in [3.8, 4) is 0 Å². The molecule has 1 fully saturated rings. The zero-order valence-corrected chi connectivity index (χ0v) is 13.5. The van der Waals surface area contributed by atoms with Gasteiger partial charge in [0.1, 0.15) is 5.60 Å². The van der Waals surface area contributed by atoms with Crippen molar-refractivity contribution in [3.63, 3.8) is 0 Å². The van der Waals surface area contributed by atoms with Crippen molar-refractivity contribution in [2.75, 3.05) is 0 Å². The van der Waals surface area contributed by atoms with Crippen molar-refractivity contribution in [3.05, 3.63) is 0 Å². The maximum absolute atomic E-state index is 11.9. The standard InChI is InChI=1S/C16H29NO3/c1-11-8-12(2)10-13(9-11)17-14(18)6-7-15(19)20-16(3,4)5/h11-13H,6-10H2,1-5H3,(H,17,18). The summed E-state index contributed by atoms with van der Waals surface area (Å²) in [6.45, 7) is 9.95. The van der Waals surface area contributed by atoms with E-state index in [2.05, 4.69) is 19.2 Å². The highest BCUT2D eigenvalue weighted by molar-refractivity contribution is 5.81. The molecule has 1 N–H and O–H groups in total. The Morgan fingerprint density at radius 3 is 2.10 bits per heavy atom. The second-order valence-electron chi connectivity index (χ2n) is 7.27. The van der Waals surface area contributed by atoms with Crippen LogP contribution in [-0.4, -0.2) is 23.5 Å². The Morgan fingerprint density at radius 2 is 1.60 bits per heavy atom. The first-order valence-corrected chi connectivity index (χ1v) is 7.67. The van der Waals surface area contributed by atoms with E-state index in [-0.39, 0.29) is 30.8 Å². The molecule has 20 heavy (non-hydrogen) atoms. The summed E-state index contributed by atoms with van der Waals surface area (Å²) in [5.41, 5.74) is -0.484. The van der Waals surface area contributed by atoms with E-state index in [1.807, 2.05) is 20.8 Å². The maximum Gasteiger partial charge on any atom is 0.306 e. The molecule has 0 aliphatic heterocycles. The first kappa shape index (κ1) is 17.0. The molecule has 1 saturated carbocycles. The second-order valence-corrected chi connectivity index (χ2v) is 7.27. The molecule has 0 aromatic heterocycles. The summed E-state index contributed by atoms with van der Waals surface area (Å²) in [4.78, 5) is 23.4. The first-order chi connectivity index (χ1) is 9.15. The third-order valence-corrected chi connectivity index (χ3v) is 3.52. The van der Waals surface area contributed by atoms with E-state index < -0.39 is 5.60 Å². The van der Waals surface area contributed by atoms with Crippen LogP contribution in [0.5, 0.6) is 0 Å². The lowest BCUT2D eigenvalue weighted by molar-refractivity contribution is -0.155. The van der Waals surface area contributed by atoms with Crippen LogP contribution in [0.1, 0.15) is 66.7 Å². The number of hydrogen-bond donors (Lipinski definition) is 1. The van der Waals surface area contributed by atoms with Gasteiger partial charge in [0.2, 0.25) is 5.91 Å². The second kappa shape index (κ2) is 7.09. The fourth-order valence-electron chi connectivity index (χ4n) is 2.97. The van der Waals surface area contributed by atoms with E-state index >= 15 is 0 Å². The van der Waals surface area contributed by atoms with Crippen LogP contribution in [0.15, 0.2) is 0 Å². The predicted molar refractivity (Wildman–Crippen MR) is 79.2 cm³/mol. The zero-order chi connectivity index (χ0) is 15.3. The molecule has 116 valence electrons. The molecule has 2 atom stereocenters. The molecule has 0 aromatic carbocycles. The number of hydrogen-bond acceptors (Lipinski definition) is 3. The fourth-order valence-corrected chi connectivity index (χ4v) is 2.97. The number of rotatable bonds is 4. The van der Waals surface area contributed by atoms with Crippen molar-refractivity contribution >= 4 is 11.9 Å². The molecular weight excluding hydrogens is 254 g/mol. The zero-order valence-electron chi connectivity index (χ0n) is 13.5. The molecule has 0 aromatic rings. The fraction of sp³-hybridized carbons (Fsp3) is 0.875. The van der Waals surface area contributed by atoms with Crippen LogP contribution in [0.4, 0.5) is 0 Å². The third-order valence-electron chi connectivity index (χ3n) is 3.52. The molecule has 4 heteroatoms. The number of amides is 1. The molecule has 0 heterocycles. The Balaban J connectivity index is 2.28. The summed E-state index contributed by atoms with van der Waals surface area (Å²) in [5.74, 6) is 0.977. The quantitative estimate of drug-likeness (QED) is 0.807. The van der Waals surface area contributed by atoms with E-state index in [1.54, 1.807) is 0 Å². The van der Waals surface area contributed by atoms with Gasteiger partial charge in [0.25, 0.3) is 0 Å². The van der Waals surface area contributed by atoms with Crippen molar-refractivity contribution in [1.29, 1.82) is 0 Å². The number of carbonyl (C=O) groups excluding carboxylic acids is 2. The maximum atomic E-state index is 11.9. The summed E-state index contributed by atoms with van der Waals surface area (Å²) in [6, 6.07) is 0.264. The van der Waals surface area contributed by atoms with E-state index in [0.717, 1.165) is 12.8 Å². The van der Waals surface area contributed by atoms with E-state index in [4.69, 9.17) is 4.74 Å². The van der Waals surface area contributed by atoms with Crippen LogP contribution < -0.4 is 5.32 Å². The molecule has 0 radical (unpaired) electrons. The van der Waals surface area contributed by atoms with Crippen molar-refractivity contribution in [2.24, 2.45) is 11.8 Å². The van der Waals surface area contributed by atoms with Crippen LogP contribution >= 0.6 is 0 Å². The summed E-state index contributed by atoms with van der Waals surface area (Å²) < 4.78 is 5.19. The number of carbonyl (C=O) groups is 2. The minimum absolute atomic E-state index is 0.0397. The highest BCUT2D eigenvalue weighted by Gasteiger charge is 2.25. The van der Waals surface area contributed by atoms with Gasteiger partial charge in [0.15, 0.2) is 0 Å². The smallest absolute Gasteiger partial charge is 0.306 e. The minimum Gasteiger partial charge on any atom is -0.460 e. The Labute approximate surface area is 122 Å². The average molecular weight is 283 g/mol. The van der Waals surface area contributed by atoms with Crippen molar-refractivity contribution < 1.29 is 14.3 Å². The van der Waals surface area contributed by atoms with Gasteiger partial charge >= 0.3 is 5.97 Å². The van der Waals surface area contributed by atoms with Crippen LogP contribution in [0.3, 0.4) is 0 Å². The molecule has 4 nitrogen and oxygen atoms in total. The van der Waals surface area contributed by atoms with Gasteiger partial charge in [-0.2, -0.15) is 0 Å². The van der Waals surface area contributed by atoms with Gasteiger partial charge in [0, 0.05) is 12.5 Å². The molecule has 0 saturated heterocycles. The van der Waals surface area contributed by atoms with E-state index in [9.17, 15) is 9.59 Å². The number of ether oxygens (including phenoxy) is 1. The van der Waals surface area contributed by atoms with Gasteiger partial charge in [-0.15, -0.1) is 0 Å². The predicted octanol–water partition coefficient (Wildman–Crippen LogP) is 3.05. The van der Waals surface area contributed by atoms with Crippen molar-refractivity contribution in [2.45, 2.75) is 78.4 Å². The summed E-state index contributed by atoms with van der Waals surface area (Å²) >= 11 is 0.